The molecule has 0 heterocycles. The fraction of sp³-hybridized carbons (Fsp3) is 0.222. The highest BCUT2D eigenvalue weighted by Crippen LogP contribution is 2.36. The van der Waals surface area contributed by atoms with Crippen LogP contribution in [-0.2, 0) is 23.6 Å². The molecule has 4 nitrogen and oxygen atoms in total. The molecule has 2 rings (SSSR count). The lowest BCUT2D eigenvalue weighted by Gasteiger charge is -2.17. The molecular weight excluding hydrogens is 472 g/mol. The Morgan fingerprint density at radius 3 is 1.93 bits per heavy atom. The lowest BCUT2D eigenvalue weighted by Crippen LogP contribution is -2.42. The Kier molecular flexibility index (Phi) is 6.61. The number of rotatable bonds is 5. The third kappa shape index (κ3) is 5.96. The summed E-state index contributed by atoms with van der Waals surface area (Å²) in [6.45, 7) is 0. The van der Waals surface area contributed by atoms with E-state index in [1.165, 1.54) is 0 Å². The highest BCUT2D eigenvalue weighted by Gasteiger charge is 2.37. The Morgan fingerprint density at radius 2 is 1.48 bits per heavy atom. The van der Waals surface area contributed by atoms with Crippen LogP contribution in [0.3, 0.4) is 0 Å². The van der Waals surface area contributed by atoms with Crippen molar-refractivity contribution >= 4 is 27.8 Å². The summed E-state index contributed by atoms with van der Waals surface area (Å²) < 4.78 is 78.1. The molecule has 0 aliphatic heterocycles. The SMILES string of the molecule is O=C(N[C@H](Cc1ccccc1Br)C(=O)O)c1cc(C(F)(F)F)cc(C(F)(F)F)c1. The van der Waals surface area contributed by atoms with Crippen molar-refractivity contribution in [2.24, 2.45) is 0 Å². The molecule has 0 aromatic heterocycles. The number of amides is 1. The topological polar surface area (TPSA) is 66.4 Å². The van der Waals surface area contributed by atoms with Gasteiger partial charge in [-0.15, -0.1) is 0 Å². The minimum absolute atomic E-state index is 0.119. The molecule has 0 spiro atoms. The van der Waals surface area contributed by atoms with E-state index < -0.39 is 47.0 Å². The van der Waals surface area contributed by atoms with Crippen molar-refractivity contribution in [3.63, 3.8) is 0 Å². The number of halogens is 7. The van der Waals surface area contributed by atoms with Gasteiger partial charge in [-0.1, -0.05) is 34.1 Å². The number of hydrogen-bond donors (Lipinski definition) is 2. The van der Waals surface area contributed by atoms with Crippen LogP contribution >= 0.6 is 15.9 Å². The number of carbonyl (C=O) groups excluding carboxylic acids is 1. The van der Waals surface area contributed by atoms with Crippen molar-refractivity contribution in [1.82, 2.24) is 5.32 Å². The van der Waals surface area contributed by atoms with E-state index in [4.69, 9.17) is 0 Å². The molecule has 2 aromatic carbocycles. The molecule has 156 valence electrons. The Balaban J connectivity index is 2.36. The van der Waals surface area contributed by atoms with E-state index in [1.807, 2.05) is 5.32 Å². The van der Waals surface area contributed by atoms with Gasteiger partial charge in [0.2, 0.25) is 0 Å². The summed E-state index contributed by atoms with van der Waals surface area (Å²) in [5.74, 6) is -2.88. The maximum atomic E-state index is 12.9. The molecule has 0 bridgehead atoms. The molecule has 29 heavy (non-hydrogen) atoms. The van der Waals surface area contributed by atoms with Crippen LogP contribution in [0.25, 0.3) is 0 Å². The predicted molar refractivity (Wildman–Crippen MR) is 93.2 cm³/mol. The van der Waals surface area contributed by atoms with Crippen LogP contribution in [0.15, 0.2) is 46.9 Å². The molecule has 11 heteroatoms. The molecule has 1 atom stereocenters. The van der Waals surface area contributed by atoms with Crippen LogP contribution in [-0.4, -0.2) is 23.0 Å². The van der Waals surface area contributed by atoms with Crippen molar-refractivity contribution < 1.29 is 41.0 Å². The summed E-state index contributed by atoms with van der Waals surface area (Å²) in [7, 11) is 0. The summed E-state index contributed by atoms with van der Waals surface area (Å²) >= 11 is 3.19. The van der Waals surface area contributed by atoms with Gasteiger partial charge in [-0.2, -0.15) is 26.3 Å². The van der Waals surface area contributed by atoms with Gasteiger partial charge in [-0.25, -0.2) is 4.79 Å². The van der Waals surface area contributed by atoms with Gasteiger partial charge in [0.15, 0.2) is 0 Å². The van der Waals surface area contributed by atoms with Crippen LogP contribution in [0, 0.1) is 0 Å². The third-order valence-electron chi connectivity index (χ3n) is 3.84. The summed E-state index contributed by atoms with van der Waals surface area (Å²) in [6, 6.07) is 5.20. The van der Waals surface area contributed by atoms with E-state index in [1.54, 1.807) is 24.3 Å². The second kappa shape index (κ2) is 8.44. The molecular formula is C18H12BrF6NO3. The van der Waals surface area contributed by atoms with Crippen LogP contribution in [0.2, 0.25) is 0 Å². The van der Waals surface area contributed by atoms with E-state index in [9.17, 15) is 41.0 Å². The molecule has 0 aliphatic carbocycles. The van der Waals surface area contributed by atoms with Gasteiger partial charge in [-0.05, 0) is 29.8 Å². The molecule has 0 fully saturated rings. The molecule has 0 saturated heterocycles. The monoisotopic (exact) mass is 483 g/mol. The maximum absolute atomic E-state index is 12.9. The molecule has 0 radical (unpaired) electrons. The fourth-order valence-corrected chi connectivity index (χ4v) is 2.86. The van der Waals surface area contributed by atoms with Crippen molar-refractivity contribution in [1.29, 1.82) is 0 Å². The van der Waals surface area contributed by atoms with Gasteiger partial charge < -0.3 is 10.4 Å². The van der Waals surface area contributed by atoms with E-state index in [2.05, 4.69) is 15.9 Å². The number of carboxylic acids is 1. The molecule has 0 aliphatic rings. The number of carbonyl (C=O) groups is 2. The van der Waals surface area contributed by atoms with E-state index in [0.29, 0.717) is 10.0 Å². The fourth-order valence-electron chi connectivity index (χ4n) is 2.41. The van der Waals surface area contributed by atoms with E-state index >= 15 is 0 Å². The third-order valence-corrected chi connectivity index (χ3v) is 4.61. The second-order valence-corrected chi connectivity index (χ2v) is 6.81. The Bertz CT molecular complexity index is 894. The summed E-state index contributed by atoms with van der Waals surface area (Å²) in [4.78, 5) is 23.7. The van der Waals surface area contributed by atoms with Crippen LogP contribution < -0.4 is 5.32 Å². The summed E-state index contributed by atoms with van der Waals surface area (Å²) in [5, 5.41) is 11.3. The second-order valence-electron chi connectivity index (χ2n) is 5.95. The van der Waals surface area contributed by atoms with Gasteiger partial charge in [0, 0.05) is 16.5 Å². The largest absolute Gasteiger partial charge is 0.480 e. The molecule has 0 unspecified atom stereocenters. The first-order valence-electron chi connectivity index (χ1n) is 7.85. The van der Waals surface area contributed by atoms with Crippen LogP contribution in [0.1, 0.15) is 27.0 Å². The maximum Gasteiger partial charge on any atom is 0.416 e. The first kappa shape index (κ1) is 22.7. The minimum Gasteiger partial charge on any atom is -0.480 e. The number of alkyl halides is 6. The van der Waals surface area contributed by atoms with Crippen LogP contribution in [0.4, 0.5) is 26.3 Å². The molecule has 1 amide bonds. The van der Waals surface area contributed by atoms with Crippen molar-refractivity contribution in [2.45, 2.75) is 24.8 Å². The average molecular weight is 484 g/mol. The molecule has 0 saturated carbocycles. The average Bonchev–Trinajstić information content (AvgIpc) is 2.60. The Labute approximate surface area is 168 Å². The lowest BCUT2D eigenvalue weighted by molar-refractivity contribution is -0.143. The number of benzene rings is 2. The molecule has 2 aromatic rings. The number of aliphatic carboxylic acids is 1. The summed E-state index contributed by atoms with van der Waals surface area (Å²) in [6.07, 6.45) is -10.5. The van der Waals surface area contributed by atoms with Crippen molar-refractivity contribution in [2.75, 3.05) is 0 Å². The van der Waals surface area contributed by atoms with Gasteiger partial charge in [0.05, 0.1) is 11.1 Å². The van der Waals surface area contributed by atoms with Crippen molar-refractivity contribution in [3.05, 3.63) is 69.2 Å². The van der Waals surface area contributed by atoms with Gasteiger partial charge in [-0.3, -0.25) is 4.79 Å². The zero-order chi connectivity index (χ0) is 22.0. The summed E-state index contributed by atoms with van der Waals surface area (Å²) in [5.41, 5.74) is -3.82. The van der Waals surface area contributed by atoms with Gasteiger partial charge >= 0.3 is 18.3 Å². The zero-order valence-electron chi connectivity index (χ0n) is 14.2. The normalized spacial score (nSPS) is 13.1. The standard InChI is InChI=1S/C18H12BrF6NO3/c19-13-4-2-1-3-9(13)7-14(16(28)29)26-15(27)10-5-11(17(20,21)22)8-12(6-10)18(23,24)25/h1-6,8,14H,7H2,(H,26,27)(H,28,29)/t14-/m1/s1. The Morgan fingerprint density at radius 1 is 0.966 bits per heavy atom. The van der Waals surface area contributed by atoms with E-state index in [0.717, 1.165) is 0 Å². The highest BCUT2D eigenvalue weighted by atomic mass is 79.9. The van der Waals surface area contributed by atoms with Gasteiger partial charge in [0.1, 0.15) is 6.04 Å². The van der Waals surface area contributed by atoms with Crippen LogP contribution in [0.5, 0.6) is 0 Å². The zero-order valence-corrected chi connectivity index (χ0v) is 15.8. The van der Waals surface area contributed by atoms with Gasteiger partial charge in [0.25, 0.3) is 5.91 Å². The first-order chi connectivity index (χ1) is 13.3. The molecule has 2 N–H and O–H groups in total. The first-order valence-corrected chi connectivity index (χ1v) is 8.65. The van der Waals surface area contributed by atoms with E-state index in [-0.39, 0.29) is 24.6 Å². The number of nitrogens with one attached hydrogen (secondary N) is 1. The quantitative estimate of drug-likeness (QED) is 0.593. The number of carboxylic acid groups (broad SMARTS) is 1. The smallest absolute Gasteiger partial charge is 0.416 e. The highest BCUT2D eigenvalue weighted by molar-refractivity contribution is 9.10. The predicted octanol–water partition coefficient (Wildman–Crippen LogP) is 4.91. The van der Waals surface area contributed by atoms with Crippen molar-refractivity contribution in [3.8, 4) is 0 Å². The Hall–Kier alpha value is -2.56. The number of hydrogen-bond acceptors (Lipinski definition) is 2. The minimum atomic E-state index is -5.13. The lowest BCUT2D eigenvalue weighted by atomic mass is 10.0.